The predicted molar refractivity (Wildman–Crippen MR) is 88.7 cm³/mol. The fourth-order valence-corrected chi connectivity index (χ4v) is 3.05. The molecule has 8 heteroatoms. The van der Waals surface area contributed by atoms with Gasteiger partial charge in [0.2, 0.25) is 0 Å². The van der Waals surface area contributed by atoms with Crippen LogP contribution in [-0.4, -0.2) is 24.4 Å². The first kappa shape index (κ1) is 18.9. The van der Waals surface area contributed by atoms with E-state index in [0.29, 0.717) is 19.4 Å². The van der Waals surface area contributed by atoms with Gasteiger partial charge in [-0.3, -0.25) is 19.8 Å². The summed E-state index contributed by atoms with van der Waals surface area (Å²) in [6.07, 6.45) is 2.95. The van der Waals surface area contributed by atoms with Crippen molar-refractivity contribution in [2.45, 2.75) is 38.5 Å². The number of hydrazine groups is 1. The summed E-state index contributed by atoms with van der Waals surface area (Å²) in [5, 5.41) is 2.16. The fourth-order valence-electron chi connectivity index (χ4n) is 3.05. The maximum atomic E-state index is 14.2. The van der Waals surface area contributed by atoms with Crippen LogP contribution in [0.5, 0.6) is 0 Å². The lowest BCUT2D eigenvalue weighted by molar-refractivity contribution is -0.149. The Kier molecular flexibility index (Phi) is 6.46. The van der Waals surface area contributed by atoms with Crippen LogP contribution in [0.2, 0.25) is 0 Å². The monoisotopic (exact) mass is 351 g/mol. The summed E-state index contributed by atoms with van der Waals surface area (Å²) in [7, 11) is 0. The number of hydrogen-bond donors (Lipinski definition) is 3. The number of hydrogen-bond acceptors (Lipinski definition) is 5. The number of amides is 2. The Morgan fingerprint density at radius 3 is 2.44 bits per heavy atom. The maximum absolute atomic E-state index is 14.2. The third-order valence-corrected chi connectivity index (χ3v) is 4.40. The van der Waals surface area contributed by atoms with Gasteiger partial charge in [0.05, 0.1) is 18.2 Å². The van der Waals surface area contributed by atoms with Crippen LogP contribution in [0.15, 0.2) is 18.2 Å². The van der Waals surface area contributed by atoms with E-state index in [-0.39, 0.29) is 23.5 Å². The van der Waals surface area contributed by atoms with E-state index in [4.69, 9.17) is 10.6 Å². The predicted octanol–water partition coefficient (Wildman–Crippen LogP) is 1.59. The zero-order valence-corrected chi connectivity index (χ0v) is 14.0. The number of halogens is 1. The molecule has 2 amide bonds. The van der Waals surface area contributed by atoms with Crippen LogP contribution >= 0.6 is 0 Å². The molecule has 0 aliphatic heterocycles. The molecule has 0 saturated heterocycles. The molecule has 0 aromatic heterocycles. The highest BCUT2D eigenvalue weighted by Gasteiger charge is 2.28. The number of nitrogens with one attached hydrogen (secondary N) is 2. The molecule has 0 radical (unpaired) electrons. The molecule has 25 heavy (non-hydrogen) atoms. The minimum absolute atomic E-state index is 0.0856. The number of carbonyl (C=O) groups is 3. The van der Waals surface area contributed by atoms with Crippen LogP contribution in [-0.2, 0) is 19.1 Å². The van der Waals surface area contributed by atoms with E-state index in [9.17, 15) is 18.8 Å². The largest absolute Gasteiger partial charge is 0.466 e. The smallest absolute Gasteiger partial charge is 0.323 e. The van der Waals surface area contributed by atoms with E-state index in [1.807, 2.05) is 0 Å². The normalized spacial score (nSPS) is 19.8. The molecule has 4 N–H and O–H groups in total. The number of benzene rings is 1. The molecular weight excluding hydrogens is 329 g/mol. The van der Waals surface area contributed by atoms with E-state index in [2.05, 4.69) is 5.32 Å². The number of rotatable bonds is 4. The van der Waals surface area contributed by atoms with Gasteiger partial charge in [-0.25, -0.2) is 10.2 Å². The zero-order chi connectivity index (χ0) is 18.4. The summed E-state index contributed by atoms with van der Waals surface area (Å²) in [5.74, 6) is 2.03. The zero-order valence-electron chi connectivity index (χ0n) is 14.0. The van der Waals surface area contributed by atoms with Gasteiger partial charge in [-0.05, 0) is 56.2 Å². The molecule has 1 aliphatic carbocycles. The quantitative estimate of drug-likeness (QED) is 0.251. The highest BCUT2D eigenvalue weighted by atomic mass is 19.1. The van der Waals surface area contributed by atoms with Gasteiger partial charge in [-0.1, -0.05) is 6.07 Å². The van der Waals surface area contributed by atoms with E-state index in [0.717, 1.165) is 18.4 Å². The fraction of sp³-hybridized carbons (Fsp3) is 0.471. The van der Waals surface area contributed by atoms with E-state index < -0.39 is 17.6 Å². The highest BCUT2D eigenvalue weighted by Crippen LogP contribution is 2.37. The van der Waals surface area contributed by atoms with Gasteiger partial charge in [0.15, 0.2) is 0 Å². The molecule has 1 aromatic rings. The molecule has 0 bridgehead atoms. The lowest BCUT2D eigenvalue weighted by Gasteiger charge is -2.27. The molecule has 0 unspecified atom stereocenters. The first-order chi connectivity index (χ1) is 12.0. The molecule has 0 spiro atoms. The molecule has 136 valence electrons. The average molecular weight is 351 g/mol. The lowest BCUT2D eigenvalue weighted by Crippen LogP contribution is -2.39. The van der Waals surface area contributed by atoms with Crippen molar-refractivity contribution in [2.75, 3.05) is 11.9 Å². The summed E-state index contributed by atoms with van der Waals surface area (Å²) >= 11 is 0. The second kappa shape index (κ2) is 8.57. The molecule has 2 rings (SSSR count). The molecule has 0 atom stereocenters. The Balaban J connectivity index is 1.98. The Morgan fingerprint density at radius 2 is 1.88 bits per heavy atom. The number of anilines is 1. The van der Waals surface area contributed by atoms with Gasteiger partial charge in [-0.15, -0.1) is 0 Å². The molecule has 1 saturated carbocycles. The van der Waals surface area contributed by atoms with Crippen LogP contribution in [0.3, 0.4) is 0 Å². The van der Waals surface area contributed by atoms with Gasteiger partial charge in [0.1, 0.15) is 5.82 Å². The molecule has 1 aliphatic rings. The number of ether oxygens (including phenoxy) is 1. The van der Waals surface area contributed by atoms with Crippen molar-refractivity contribution >= 4 is 23.5 Å². The van der Waals surface area contributed by atoms with Gasteiger partial charge >= 0.3 is 17.8 Å². The first-order valence-electron chi connectivity index (χ1n) is 8.24. The maximum Gasteiger partial charge on any atom is 0.323 e. The standard InChI is InChI=1S/C17H22FN3O4/c1-2-25-17(24)11-5-3-10(4-6-11)12-7-8-14(13(18)9-12)20-15(22)16(23)21-19/h7-11H,2-6,19H2,1H3,(H,20,22)(H,21,23). The second-order valence-electron chi connectivity index (χ2n) is 5.97. The summed E-state index contributed by atoms with van der Waals surface area (Å²) in [6, 6.07) is 4.49. The van der Waals surface area contributed by atoms with Crippen molar-refractivity contribution in [3.05, 3.63) is 29.6 Å². The van der Waals surface area contributed by atoms with Gasteiger partial charge in [0.25, 0.3) is 0 Å². The number of esters is 1. The summed E-state index contributed by atoms with van der Waals surface area (Å²) in [5.41, 5.74) is 2.40. The molecule has 7 nitrogen and oxygen atoms in total. The average Bonchev–Trinajstić information content (AvgIpc) is 2.63. The first-order valence-corrected chi connectivity index (χ1v) is 8.24. The Bertz CT molecular complexity index is 657. The summed E-state index contributed by atoms with van der Waals surface area (Å²) in [4.78, 5) is 34.2. The second-order valence-corrected chi connectivity index (χ2v) is 5.97. The van der Waals surface area contributed by atoms with Crippen molar-refractivity contribution < 1.29 is 23.5 Å². The minimum Gasteiger partial charge on any atom is -0.466 e. The highest BCUT2D eigenvalue weighted by molar-refractivity contribution is 6.39. The minimum atomic E-state index is -1.05. The van der Waals surface area contributed by atoms with Crippen LogP contribution in [0, 0.1) is 11.7 Å². The molecule has 0 heterocycles. The Morgan fingerprint density at radius 1 is 1.20 bits per heavy atom. The summed E-state index contributed by atoms with van der Waals surface area (Å²) < 4.78 is 19.2. The summed E-state index contributed by atoms with van der Waals surface area (Å²) in [6.45, 7) is 2.16. The third kappa shape index (κ3) is 4.76. The van der Waals surface area contributed by atoms with E-state index in [1.54, 1.807) is 18.4 Å². The van der Waals surface area contributed by atoms with Crippen molar-refractivity contribution in [1.82, 2.24) is 5.43 Å². The van der Waals surface area contributed by atoms with Gasteiger partial charge in [0, 0.05) is 0 Å². The SMILES string of the molecule is CCOC(=O)C1CCC(c2ccc(NC(=O)C(=O)NN)c(F)c2)CC1. The topological polar surface area (TPSA) is 111 Å². The molecule has 1 aromatic carbocycles. The van der Waals surface area contributed by atoms with Crippen LogP contribution in [0.25, 0.3) is 0 Å². The van der Waals surface area contributed by atoms with Crippen molar-refractivity contribution in [2.24, 2.45) is 11.8 Å². The van der Waals surface area contributed by atoms with E-state index >= 15 is 0 Å². The van der Waals surface area contributed by atoms with Crippen LogP contribution < -0.4 is 16.6 Å². The Hall–Kier alpha value is -2.48. The van der Waals surface area contributed by atoms with Gasteiger partial charge < -0.3 is 10.1 Å². The van der Waals surface area contributed by atoms with Crippen molar-refractivity contribution in [1.29, 1.82) is 0 Å². The van der Waals surface area contributed by atoms with E-state index in [1.165, 1.54) is 12.1 Å². The van der Waals surface area contributed by atoms with Gasteiger partial charge in [-0.2, -0.15) is 0 Å². The third-order valence-electron chi connectivity index (χ3n) is 4.40. The molecular formula is C17H22FN3O4. The van der Waals surface area contributed by atoms with Crippen LogP contribution in [0.4, 0.5) is 10.1 Å². The van der Waals surface area contributed by atoms with Crippen molar-refractivity contribution in [3.8, 4) is 0 Å². The number of carbonyl (C=O) groups excluding carboxylic acids is 3. The van der Waals surface area contributed by atoms with Crippen molar-refractivity contribution in [3.63, 3.8) is 0 Å². The van der Waals surface area contributed by atoms with Crippen LogP contribution in [0.1, 0.15) is 44.1 Å². The molecule has 1 fully saturated rings. The lowest BCUT2D eigenvalue weighted by atomic mass is 9.78. The Labute approximate surface area is 145 Å². The number of nitrogens with two attached hydrogens (primary N) is 1.